The van der Waals surface area contributed by atoms with Gasteiger partial charge in [-0.25, -0.2) is 0 Å². The molecule has 1 aliphatic rings. The summed E-state index contributed by atoms with van der Waals surface area (Å²) in [6.45, 7) is 16.4. The summed E-state index contributed by atoms with van der Waals surface area (Å²) in [6, 6.07) is 0. The molecule has 0 heteroatoms. The van der Waals surface area contributed by atoms with Crippen molar-refractivity contribution >= 4 is 0 Å². The highest BCUT2D eigenvalue weighted by molar-refractivity contribution is 5.63. The highest BCUT2D eigenvalue weighted by Crippen LogP contribution is 2.47. The average Bonchev–Trinajstić information content (AvgIpc) is 2.46. The van der Waals surface area contributed by atoms with E-state index in [2.05, 4.69) is 52.2 Å². The molecule has 0 fully saturated rings. The van der Waals surface area contributed by atoms with Crippen LogP contribution in [0, 0.1) is 5.41 Å². The van der Waals surface area contributed by atoms with E-state index >= 15 is 0 Å². The molecule has 1 rings (SSSR count). The highest BCUT2D eigenvalue weighted by Gasteiger charge is 2.33. The zero-order valence-corrected chi connectivity index (χ0v) is 11.4. The summed E-state index contributed by atoms with van der Waals surface area (Å²) >= 11 is 0. The summed E-state index contributed by atoms with van der Waals surface area (Å²) in [4.78, 5) is 0. The Balaban J connectivity index is 3.46. The Labute approximate surface area is 105 Å². The maximum Gasteiger partial charge on any atom is 0.0117 e. The molecule has 1 aliphatic carbocycles. The predicted octanol–water partition coefficient (Wildman–Crippen LogP) is 5.14. The van der Waals surface area contributed by atoms with Crippen LogP contribution in [0.4, 0.5) is 0 Å². The van der Waals surface area contributed by atoms with Crippen molar-refractivity contribution in [1.29, 1.82) is 0 Å². The fourth-order valence-electron chi connectivity index (χ4n) is 2.31. The summed E-state index contributed by atoms with van der Waals surface area (Å²) in [6.07, 6.45) is 12.2. The second kappa shape index (κ2) is 5.18. The molecule has 0 saturated carbocycles. The minimum Gasteiger partial charge on any atom is -0.0991 e. The molecule has 0 spiro atoms. The van der Waals surface area contributed by atoms with Crippen LogP contribution in [0.5, 0.6) is 0 Å². The van der Waals surface area contributed by atoms with E-state index in [1.807, 2.05) is 25.2 Å². The van der Waals surface area contributed by atoms with Gasteiger partial charge in [0.25, 0.3) is 0 Å². The normalized spacial score (nSPS) is 19.8. The quantitative estimate of drug-likeness (QED) is 0.582. The maximum atomic E-state index is 3.96. The van der Waals surface area contributed by atoms with Crippen LogP contribution in [-0.2, 0) is 0 Å². The molecule has 0 aromatic heterocycles. The molecule has 0 nitrogen and oxygen atoms in total. The fourth-order valence-corrected chi connectivity index (χ4v) is 2.31. The van der Waals surface area contributed by atoms with Gasteiger partial charge in [-0.05, 0) is 30.6 Å². The SMILES string of the molecule is C=C/C=C\C1=C(C)C(C)(C)C(C=C)=C1/C=C\C. The first-order chi connectivity index (χ1) is 8.00. The van der Waals surface area contributed by atoms with Gasteiger partial charge in [-0.1, -0.05) is 69.0 Å². The number of hydrogen-bond acceptors (Lipinski definition) is 0. The Bertz CT molecular complexity index is 448. The molecule has 0 heterocycles. The van der Waals surface area contributed by atoms with E-state index in [1.54, 1.807) is 0 Å². The summed E-state index contributed by atoms with van der Waals surface area (Å²) in [7, 11) is 0. The molecule has 0 bridgehead atoms. The van der Waals surface area contributed by atoms with Gasteiger partial charge in [0, 0.05) is 5.41 Å². The van der Waals surface area contributed by atoms with Crippen molar-refractivity contribution in [2.45, 2.75) is 27.7 Å². The summed E-state index contributed by atoms with van der Waals surface area (Å²) in [5.41, 5.74) is 5.33. The lowest BCUT2D eigenvalue weighted by Crippen LogP contribution is -2.11. The molecular weight excluding hydrogens is 204 g/mol. The van der Waals surface area contributed by atoms with Crippen molar-refractivity contribution < 1.29 is 0 Å². The van der Waals surface area contributed by atoms with Crippen LogP contribution in [0.25, 0.3) is 0 Å². The van der Waals surface area contributed by atoms with E-state index in [0.29, 0.717) is 0 Å². The molecule has 0 unspecified atom stereocenters. The van der Waals surface area contributed by atoms with Gasteiger partial charge in [-0.15, -0.1) is 0 Å². The van der Waals surface area contributed by atoms with Crippen molar-refractivity contribution in [3.8, 4) is 0 Å². The third-order valence-electron chi connectivity index (χ3n) is 3.53. The van der Waals surface area contributed by atoms with Crippen LogP contribution in [0.1, 0.15) is 27.7 Å². The molecule has 0 N–H and O–H groups in total. The van der Waals surface area contributed by atoms with Crippen molar-refractivity contribution in [2.24, 2.45) is 5.41 Å². The lowest BCUT2D eigenvalue weighted by Gasteiger charge is -2.23. The first kappa shape index (κ1) is 13.5. The summed E-state index contributed by atoms with van der Waals surface area (Å²) in [5, 5.41) is 0. The van der Waals surface area contributed by atoms with Gasteiger partial charge in [0.2, 0.25) is 0 Å². The van der Waals surface area contributed by atoms with E-state index in [0.717, 1.165) is 0 Å². The van der Waals surface area contributed by atoms with Crippen molar-refractivity contribution in [1.82, 2.24) is 0 Å². The van der Waals surface area contributed by atoms with Gasteiger partial charge in [-0.3, -0.25) is 0 Å². The lowest BCUT2D eigenvalue weighted by atomic mass is 9.81. The molecule has 90 valence electrons. The van der Waals surface area contributed by atoms with Crippen molar-refractivity contribution in [2.75, 3.05) is 0 Å². The molecule has 0 aromatic carbocycles. The Kier molecular flexibility index (Phi) is 4.11. The molecule has 0 aromatic rings. The topological polar surface area (TPSA) is 0 Å². The Morgan fingerprint density at radius 1 is 1.06 bits per heavy atom. The molecule has 17 heavy (non-hydrogen) atoms. The van der Waals surface area contributed by atoms with Gasteiger partial charge in [0.15, 0.2) is 0 Å². The molecule has 0 atom stereocenters. The summed E-state index contributed by atoms with van der Waals surface area (Å²) in [5.74, 6) is 0. The molecular formula is C17H22. The van der Waals surface area contributed by atoms with Crippen LogP contribution >= 0.6 is 0 Å². The van der Waals surface area contributed by atoms with Crippen LogP contribution in [0.3, 0.4) is 0 Å². The Morgan fingerprint density at radius 2 is 1.71 bits per heavy atom. The standard InChI is InChI=1S/C17H22/c1-7-10-12-14-13(4)17(5,6)16(9-3)15(14)11-8-2/h7-12H,1,3H2,2,4-6H3/b11-8-,12-10-. The van der Waals surface area contributed by atoms with Crippen molar-refractivity contribution in [3.05, 3.63) is 71.9 Å². The molecule has 0 amide bonds. The minimum absolute atomic E-state index is 0.0669. The van der Waals surface area contributed by atoms with E-state index in [1.165, 1.54) is 22.3 Å². The monoisotopic (exact) mass is 226 g/mol. The van der Waals surface area contributed by atoms with Crippen LogP contribution in [0.2, 0.25) is 0 Å². The smallest absolute Gasteiger partial charge is 0.0117 e. The van der Waals surface area contributed by atoms with Crippen molar-refractivity contribution in [3.63, 3.8) is 0 Å². The van der Waals surface area contributed by atoms with E-state index in [-0.39, 0.29) is 5.41 Å². The first-order valence-corrected chi connectivity index (χ1v) is 6.01. The first-order valence-electron chi connectivity index (χ1n) is 6.01. The largest absolute Gasteiger partial charge is 0.0991 e. The lowest BCUT2D eigenvalue weighted by molar-refractivity contribution is 0.562. The van der Waals surface area contributed by atoms with Gasteiger partial charge in [0.1, 0.15) is 0 Å². The van der Waals surface area contributed by atoms with Crippen LogP contribution < -0.4 is 0 Å². The Hall–Kier alpha value is -1.56. The van der Waals surface area contributed by atoms with E-state index < -0.39 is 0 Å². The predicted molar refractivity (Wildman–Crippen MR) is 77.9 cm³/mol. The van der Waals surface area contributed by atoms with Gasteiger partial charge in [-0.2, -0.15) is 0 Å². The zero-order chi connectivity index (χ0) is 13.1. The van der Waals surface area contributed by atoms with E-state index in [4.69, 9.17) is 0 Å². The third-order valence-corrected chi connectivity index (χ3v) is 3.53. The number of rotatable bonds is 4. The second-order valence-electron chi connectivity index (χ2n) is 4.79. The maximum absolute atomic E-state index is 3.96. The average molecular weight is 226 g/mol. The zero-order valence-electron chi connectivity index (χ0n) is 11.4. The van der Waals surface area contributed by atoms with Gasteiger partial charge < -0.3 is 0 Å². The molecule has 0 saturated heterocycles. The second-order valence-corrected chi connectivity index (χ2v) is 4.79. The van der Waals surface area contributed by atoms with Gasteiger partial charge >= 0.3 is 0 Å². The fraction of sp³-hybridized carbons (Fsp3) is 0.294. The third kappa shape index (κ3) is 2.26. The highest BCUT2D eigenvalue weighted by atomic mass is 14.4. The summed E-state index contributed by atoms with van der Waals surface area (Å²) < 4.78 is 0. The molecule has 0 aliphatic heterocycles. The number of allylic oxidation sites excluding steroid dienone is 10. The van der Waals surface area contributed by atoms with E-state index in [9.17, 15) is 0 Å². The Morgan fingerprint density at radius 3 is 2.18 bits per heavy atom. The minimum atomic E-state index is 0.0669. The number of hydrogen-bond donors (Lipinski definition) is 0. The van der Waals surface area contributed by atoms with Crippen LogP contribution in [-0.4, -0.2) is 0 Å². The molecule has 0 radical (unpaired) electrons. The van der Waals surface area contributed by atoms with Gasteiger partial charge in [0.05, 0.1) is 0 Å². The van der Waals surface area contributed by atoms with Crippen LogP contribution in [0.15, 0.2) is 71.9 Å².